The van der Waals surface area contributed by atoms with E-state index in [1.807, 2.05) is 16.9 Å². The second-order valence-corrected chi connectivity index (χ2v) is 15.2. The summed E-state index contributed by atoms with van der Waals surface area (Å²) in [4.78, 5) is 60.6. The number of aryl methyl sites for hydroxylation is 2. The molecule has 1 aliphatic carbocycles. The molecule has 0 spiro atoms. The van der Waals surface area contributed by atoms with Crippen molar-refractivity contribution in [2.75, 3.05) is 25.0 Å². The number of aromatic nitrogens is 6. The van der Waals surface area contributed by atoms with Crippen LogP contribution < -0.4 is 16.3 Å². The van der Waals surface area contributed by atoms with E-state index in [1.165, 1.54) is 11.6 Å². The Morgan fingerprint density at radius 2 is 1.76 bits per heavy atom. The van der Waals surface area contributed by atoms with Crippen molar-refractivity contribution < 1.29 is 27.6 Å². The van der Waals surface area contributed by atoms with E-state index >= 15 is 0 Å². The molecule has 55 heavy (non-hydrogen) atoms. The van der Waals surface area contributed by atoms with Crippen LogP contribution in [0.15, 0.2) is 53.6 Å². The molecule has 1 saturated carbocycles. The van der Waals surface area contributed by atoms with Crippen molar-refractivity contribution in [1.82, 2.24) is 39.1 Å². The number of benzene rings is 1. The van der Waals surface area contributed by atoms with Crippen LogP contribution in [-0.4, -0.2) is 71.1 Å². The molecule has 3 fully saturated rings. The van der Waals surface area contributed by atoms with E-state index in [9.17, 15) is 32.3 Å². The fraction of sp³-hybridized carbons (Fsp3) is 0.462. The van der Waals surface area contributed by atoms with Crippen molar-refractivity contribution in [1.29, 1.82) is 0 Å². The molecule has 1 unspecified atom stereocenters. The number of halogens is 3. The first-order valence-electron chi connectivity index (χ1n) is 18.8. The summed E-state index contributed by atoms with van der Waals surface area (Å²) in [5.41, 5.74) is 2.80. The van der Waals surface area contributed by atoms with Gasteiger partial charge in [0.15, 0.2) is 0 Å². The smallest absolute Gasteiger partial charge is 0.305 e. The molecule has 8 rings (SSSR count). The first-order chi connectivity index (χ1) is 26.3. The average molecular weight is 758 g/mol. The second kappa shape index (κ2) is 14.4. The monoisotopic (exact) mass is 757 g/mol. The van der Waals surface area contributed by atoms with E-state index in [-0.39, 0.29) is 35.6 Å². The molecule has 5 aromatic rings. The van der Waals surface area contributed by atoms with Crippen molar-refractivity contribution in [3.63, 3.8) is 0 Å². The Kier molecular flexibility index (Phi) is 9.55. The summed E-state index contributed by atoms with van der Waals surface area (Å²) in [6.45, 7) is 5.11. The highest BCUT2D eigenvalue weighted by Gasteiger charge is 2.34. The number of likely N-dealkylation sites (tertiary alicyclic amines) is 1. The molecular formula is C39H42F3N9O4. The average Bonchev–Trinajstić information content (AvgIpc) is 3.70. The normalized spacial score (nSPS) is 21.7. The maximum Gasteiger partial charge on any atom is 0.433 e. The number of piperidine rings is 2. The van der Waals surface area contributed by atoms with Gasteiger partial charge in [0.25, 0.3) is 5.91 Å². The minimum atomic E-state index is -4.65. The maximum absolute atomic E-state index is 13.4. The third kappa shape index (κ3) is 7.14. The Morgan fingerprint density at radius 3 is 2.49 bits per heavy atom. The molecule has 16 heteroatoms. The van der Waals surface area contributed by atoms with Gasteiger partial charge in [0.2, 0.25) is 11.8 Å². The number of alkyl halides is 3. The van der Waals surface area contributed by atoms with Crippen LogP contribution in [0.3, 0.4) is 0 Å². The van der Waals surface area contributed by atoms with Crippen molar-refractivity contribution in [2.24, 2.45) is 13.0 Å². The molecule has 1 atom stereocenters. The number of amides is 3. The van der Waals surface area contributed by atoms with Crippen LogP contribution in [-0.2, 0) is 22.8 Å². The van der Waals surface area contributed by atoms with Crippen molar-refractivity contribution in [2.45, 2.75) is 82.5 Å². The quantitative estimate of drug-likeness (QED) is 0.203. The molecule has 4 aromatic heterocycles. The van der Waals surface area contributed by atoms with Crippen LogP contribution in [0, 0.1) is 12.8 Å². The highest BCUT2D eigenvalue weighted by Crippen LogP contribution is 2.37. The summed E-state index contributed by atoms with van der Waals surface area (Å²) in [5.74, 6) is -0.352. The van der Waals surface area contributed by atoms with Crippen LogP contribution in [0.25, 0.3) is 21.9 Å². The van der Waals surface area contributed by atoms with Gasteiger partial charge >= 0.3 is 11.9 Å². The highest BCUT2D eigenvalue weighted by atomic mass is 19.4. The van der Waals surface area contributed by atoms with Crippen LogP contribution in [0.5, 0.6) is 0 Å². The summed E-state index contributed by atoms with van der Waals surface area (Å²) in [7, 11) is 1.75. The lowest BCUT2D eigenvalue weighted by Gasteiger charge is -2.37. The molecule has 288 valence electrons. The molecule has 3 amide bonds. The van der Waals surface area contributed by atoms with Crippen molar-refractivity contribution in [3.8, 4) is 0 Å². The summed E-state index contributed by atoms with van der Waals surface area (Å²) in [6, 6.07) is 8.47. The minimum absolute atomic E-state index is 0.203. The first-order valence-corrected chi connectivity index (χ1v) is 18.8. The number of anilines is 1. The van der Waals surface area contributed by atoms with E-state index in [2.05, 4.69) is 38.5 Å². The standard InChI is InChI=1S/C39H42F3N9O4/c1-22-27(10-11-30-35(22)48(2)38(55)51(30)31-12-13-34(52)46-37(31)54)24-14-16-49(17-15-24)20-23-6-8-26(9-7-23)50-21-25-18-33(43-19-29(25)47-50)45-36(53)28-4-3-5-32(44-28)39(40,41)42/h3-5,10-11,18-19,21,23-24,26,31H,6-9,12-17,20H2,1-2H3,(H,45,53)(H,46,52,54)/t23-,26-,31?. The van der Waals surface area contributed by atoms with Gasteiger partial charge in [-0.15, -0.1) is 0 Å². The fourth-order valence-electron chi connectivity index (χ4n) is 8.84. The Balaban J connectivity index is 0.850. The number of carbonyl (C=O) groups excluding carboxylic acids is 3. The lowest BCUT2D eigenvalue weighted by Crippen LogP contribution is -2.44. The SMILES string of the molecule is Cc1c(C2CCN(C[C@H]3CC[C@H](n4cc5cc(NC(=O)c6cccc(C(F)(F)F)n6)ncc5n4)CC3)CC2)ccc2c1n(C)c(=O)n2C1CCC(=O)NC1=O. The lowest BCUT2D eigenvalue weighted by atomic mass is 9.83. The summed E-state index contributed by atoms with van der Waals surface area (Å²) < 4.78 is 44.3. The molecule has 3 aliphatic rings. The number of pyridine rings is 2. The highest BCUT2D eigenvalue weighted by molar-refractivity contribution is 6.03. The van der Waals surface area contributed by atoms with Gasteiger partial charge in [-0.05, 0) is 112 Å². The topological polar surface area (TPSA) is 149 Å². The second-order valence-electron chi connectivity index (χ2n) is 15.2. The molecule has 2 aliphatic heterocycles. The van der Waals surface area contributed by atoms with Gasteiger partial charge < -0.3 is 10.2 Å². The van der Waals surface area contributed by atoms with E-state index in [4.69, 9.17) is 5.10 Å². The number of hydrogen-bond acceptors (Lipinski definition) is 8. The number of rotatable bonds is 7. The lowest BCUT2D eigenvalue weighted by molar-refractivity contribution is -0.141. The Morgan fingerprint density at radius 1 is 1.00 bits per heavy atom. The third-order valence-electron chi connectivity index (χ3n) is 11.7. The molecular weight excluding hydrogens is 715 g/mol. The van der Waals surface area contributed by atoms with Gasteiger partial charge in [-0.3, -0.25) is 33.5 Å². The number of nitrogens with one attached hydrogen (secondary N) is 2. The van der Waals surface area contributed by atoms with Crippen LogP contribution >= 0.6 is 0 Å². The molecule has 0 radical (unpaired) electrons. The fourth-order valence-corrected chi connectivity index (χ4v) is 8.84. The van der Waals surface area contributed by atoms with Gasteiger partial charge in [0.1, 0.15) is 28.8 Å². The number of fused-ring (bicyclic) bond motifs is 2. The number of imide groups is 1. The Bertz CT molecular complexity index is 2370. The van der Waals surface area contributed by atoms with Gasteiger partial charge in [0.05, 0.1) is 23.3 Å². The largest absolute Gasteiger partial charge is 0.433 e. The van der Waals surface area contributed by atoms with E-state index in [0.717, 1.165) is 92.3 Å². The number of hydrogen-bond donors (Lipinski definition) is 2. The number of carbonyl (C=O) groups is 3. The molecule has 0 bridgehead atoms. The zero-order valence-corrected chi connectivity index (χ0v) is 30.6. The molecule has 13 nitrogen and oxygen atoms in total. The van der Waals surface area contributed by atoms with Crippen LogP contribution in [0.1, 0.15) is 96.7 Å². The van der Waals surface area contributed by atoms with Crippen molar-refractivity contribution >= 4 is 45.5 Å². The Labute approximate surface area is 313 Å². The van der Waals surface area contributed by atoms with Gasteiger partial charge in [-0.1, -0.05) is 12.1 Å². The zero-order valence-electron chi connectivity index (χ0n) is 30.6. The van der Waals surface area contributed by atoms with Crippen LogP contribution in [0.2, 0.25) is 0 Å². The molecule has 2 saturated heterocycles. The predicted octanol–water partition coefficient (Wildman–Crippen LogP) is 5.65. The molecule has 1 aromatic carbocycles. The summed E-state index contributed by atoms with van der Waals surface area (Å²) in [5, 5.41) is 10.4. The summed E-state index contributed by atoms with van der Waals surface area (Å²) in [6.07, 6.45) is 5.54. The van der Waals surface area contributed by atoms with E-state index in [0.29, 0.717) is 23.8 Å². The van der Waals surface area contributed by atoms with Gasteiger partial charge in [0, 0.05) is 31.6 Å². The van der Waals surface area contributed by atoms with E-state index < -0.39 is 29.7 Å². The third-order valence-corrected chi connectivity index (χ3v) is 11.7. The zero-order chi connectivity index (χ0) is 38.6. The summed E-state index contributed by atoms with van der Waals surface area (Å²) >= 11 is 0. The molecule has 6 heterocycles. The predicted molar refractivity (Wildman–Crippen MR) is 197 cm³/mol. The van der Waals surface area contributed by atoms with E-state index in [1.54, 1.807) is 28.4 Å². The van der Waals surface area contributed by atoms with Gasteiger partial charge in [-0.2, -0.15) is 18.3 Å². The Hall–Kier alpha value is -5.38. The number of imidazole rings is 1. The molecule has 2 N–H and O–H groups in total. The first kappa shape index (κ1) is 36.6. The minimum Gasteiger partial charge on any atom is -0.305 e. The van der Waals surface area contributed by atoms with Crippen molar-refractivity contribution in [3.05, 3.63) is 81.8 Å². The van der Waals surface area contributed by atoms with Gasteiger partial charge in [-0.25, -0.2) is 14.8 Å². The number of nitrogens with zero attached hydrogens (tertiary/aromatic N) is 7. The maximum atomic E-state index is 13.4. The van der Waals surface area contributed by atoms with Crippen LogP contribution in [0.4, 0.5) is 19.0 Å².